The predicted octanol–water partition coefficient (Wildman–Crippen LogP) is 2.64. The van der Waals surface area contributed by atoms with Crippen molar-refractivity contribution in [2.45, 2.75) is 49.8 Å². The van der Waals surface area contributed by atoms with Gasteiger partial charge in [-0.25, -0.2) is 8.51 Å². The molecule has 1 aromatic heterocycles. The number of nitrogens with zero attached hydrogens (tertiary/aromatic N) is 2. The molecule has 2 aliphatic rings. The maximum atomic E-state index is 12.9. The van der Waals surface area contributed by atoms with Crippen LogP contribution in [0.15, 0.2) is 34.0 Å². The Hall–Kier alpha value is -2.03. The van der Waals surface area contributed by atoms with E-state index < -0.39 is 11.0 Å². The van der Waals surface area contributed by atoms with E-state index in [1.54, 1.807) is 18.2 Å². The number of hydrogen-bond donors (Lipinski definition) is 2. The van der Waals surface area contributed by atoms with Gasteiger partial charge < -0.3 is 15.2 Å². The number of H-pyrrole nitrogens is 1. The summed E-state index contributed by atoms with van der Waals surface area (Å²) in [4.78, 5) is 30.9. The van der Waals surface area contributed by atoms with E-state index in [2.05, 4.69) is 15.2 Å². The Bertz CT molecular complexity index is 992. The highest BCUT2D eigenvalue weighted by Gasteiger charge is 2.21. The van der Waals surface area contributed by atoms with Crippen molar-refractivity contribution in [1.82, 2.24) is 19.5 Å². The summed E-state index contributed by atoms with van der Waals surface area (Å²) >= 11 is 0. The van der Waals surface area contributed by atoms with Crippen LogP contribution in [0.1, 0.15) is 55.3 Å². The summed E-state index contributed by atoms with van der Waals surface area (Å²) in [5.74, 6) is -0.254. The van der Waals surface area contributed by atoms with Crippen LogP contribution < -0.4 is 10.9 Å². The van der Waals surface area contributed by atoms with Gasteiger partial charge in [-0.05, 0) is 69.9 Å². The van der Waals surface area contributed by atoms with Crippen LogP contribution in [0.3, 0.4) is 0 Å². The average Bonchev–Trinajstić information content (AvgIpc) is 3.19. The zero-order valence-corrected chi connectivity index (χ0v) is 18.8. The summed E-state index contributed by atoms with van der Waals surface area (Å²) in [6, 6.07) is 6.65. The van der Waals surface area contributed by atoms with Gasteiger partial charge in [0.05, 0.1) is 10.5 Å². The molecule has 0 saturated carbocycles. The molecule has 2 aliphatic heterocycles. The van der Waals surface area contributed by atoms with Crippen molar-refractivity contribution in [2.75, 3.05) is 39.3 Å². The quantitative estimate of drug-likeness (QED) is 0.643. The summed E-state index contributed by atoms with van der Waals surface area (Å²) in [6.07, 6.45) is 8.13. The van der Waals surface area contributed by atoms with Gasteiger partial charge in [-0.1, -0.05) is 12.8 Å². The van der Waals surface area contributed by atoms with E-state index in [1.165, 1.54) is 31.7 Å². The van der Waals surface area contributed by atoms with Crippen LogP contribution in [0.2, 0.25) is 0 Å². The van der Waals surface area contributed by atoms with Crippen molar-refractivity contribution in [3.05, 3.63) is 40.2 Å². The standard InChI is InChI=1S/C23H32N4O3S/c28-22-17-20(23(29)24-10-7-13-26-11-3-1-2-4-12-26)19-16-18(8-9-21(19)25-22)31(30)27-14-5-6-15-27/h8-9,16-17H,1-7,10-15H2,(H,24,29)(H,25,28). The van der Waals surface area contributed by atoms with Gasteiger partial charge in [-0.15, -0.1) is 0 Å². The molecule has 1 amide bonds. The summed E-state index contributed by atoms with van der Waals surface area (Å²) in [5.41, 5.74) is 0.619. The molecular weight excluding hydrogens is 412 g/mol. The number of benzene rings is 1. The van der Waals surface area contributed by atoms with E-state index in [9.17, 15) is 13.8 Å². The van der Waals surface area contributed by atoms with Gasteiger partial charge in [0.1, 0.15) is 11.0 Å². The minimum Gasteiger partial charge on any atom is -0.352 e. The Labute approximate surface area is 185 Å². The Kier molecular flexibility index (Phi) is 7.53. The molecule has 1 aromatic carbocycles. The second-order valence-corrected chi connectivity index (χ2v) is 9.99. The first-order chi connectivity index (χ1) is 15.1. The highest BCUT2D eigenvalue weighted by molar-refractivity contribution is 7.82. The second kappa shape index (κ2) is 10.5. The van der Waals surface area contributed by atoms with E-state index >= 15 is 0 Å². The maximum Gasteiger partial charge on any atom is 0.252 e. The van der Waals surface area contributed by atoms with Gasteiger partial charge in [-0.2, -0.15) is 0 Å². The summed E-state index contributed by atoms with van der Waals surface area (Å²) in [6.45, 7) is 5.48. The molecule has 0 aliphatic carbocycles. The Morgan fingerprint density at radius 1 is 1.00 bits per heavy atom. The Balaban J connectivity index is 1.44. The lowest BCUT2D eigenvalue weighted by Gasteiger charge is -2.19. The lowest BCUT2D eigenvalue weighted by molar-refractivity contribution is 0.0953. The van der Waals surface area contributed by atoms with Crippen molar-refractivity contribution >= 4 is 27.8 Å². The number of pyridine rings is 1. The molecule has 168 valence electrons. The van der Waals surface area contributed by atoms with Gasteiger partial charge in [0, 0.05) is 36.6 Å². The average molecular weight is 445 g/mol. The van der Waals surface area contributed by atoms with Crippen LogP contribution >= 0.6 is 0 Å². The maximum absolute atomic E-state index is 12.9. The van der Waals surface area contributed by atoms with Gasteiger partial charge in [0.2, 0.25) is 5.56 Å². The first-order valence-corrected chi connectivity index (χ1v) is 12.6. The van der Waals surface area contributed by atoms with E-state index in [-0.39, 0.29) is 11.5 Å². The van der Waals surface area contributed by atoms with Gasteiger partial charge in [0.15, 0.2) is 0 Å². The molecule has 4 rings (SSSR count). The van der Waals surface area contributed by atoms with Gasteiger partial charge in [0.25, 0.3) is 5.91 Å². The molecule has 2 N–H and O–H groups in total. The van der Waals surface area contributed by atoms with Crippen LogP contribution in [0.25, 0.3) is 10.9 Å². The number of nitrogens with one attached hydrogen (secondary N) is 2. The first kappa shape index (κ1) is 22.2. The SMILES string of the molecule is O=C(NCCCN1CCCCCC1)c1cc(=O)[nH]c2ccc(S(=O)N3CCCC3)cc12. The molecule has 0 bridgehead atoms. The zero-order chi connectivity index (χ0) is 21.6. The lowest BCUT2D eigenvalue weighted by atomic mass is 10.1. The molecule has 2 aromatic rings. The van der Waals surface area contributed by atoms with Crippen molar-refractivity contribution in [2.24, 2.45) is 0 Å². The van der Waals surface area contributed by atoms with E-state index in [0.717, 1.165) is 52.0 Å². The summed E-state index contributed by atoms with van der Waals surface area (Å²) in [7, 11) is -1.25. The Morgan fingerprint density at radius 3 is 2.45 bits per heavy atom. The van der Waals surface area contributed by atoms with E-state index in [4.69, 9.17) is 0 Å². The van der Waals surface area contributed by atoms with Crippen LogP contribution in [-0.2, 0) is 11.0 Å². The number of carbonyl (C=O) groups is 1. The highest BCUT2D eigenvalue weighted by atomic mass is 32.2. The minimum absolute atomic E-state index is 0.254. The van der Waals surface area contributed by atoms with Gasteiger partial charge in [-0.3, -0.25) is 9.59 Å². The number of carbonyl (C=O) groups excluding carboxylic acids is 1. The monoisotopic (exact) mass is 444 g/mol. The second-order valence-electron chi connectivity index (χ2n) is 8.51. The molecule has 1 unspecified atom stereocenters. The lowest BCUT2D eigenvalue weighted by Crippen LogP contribution is -2.31. The van der Waals surface area contributed by atoms with Crippen LogP contribution in [0, 0.1) is 0 Å². The summed E-state index contributed by atoms with van der Waals surface area (Å²) < 4.78 is 14.8. The number of aromatic nitrogens is 1. The van der Waals surface area contributed by atoms with E-state index in [1.807, 2.05) is 4.31 Å². The smallest absolute Gasteiger partial charge is 0.252 e. The number of hydrogen-bond acceptors (Lipinski definition) is 4. The fourth-order valence-electron chi connectivity index (χ4n) is 4.49. The normalized spacial score (nSPS) is 19.4. The van der Waals surface area contributed by atoms with Crippen LogP contribution in [-0.4, -0.2) is 63.6 Å². The molecule has 0 spiro atoms. The molecule has 8 heteroatoms. The zero-order valence-electron chi connectivity index (χ0n) is 18.0. The summed E-state index contributed by atoms with van der Waals surface area (Å²) in [5, 5.41) is 3.61. The Morgan fingerprint density at radius 2 is 1.71 bits per heavy atom. The third-order valence-electron chi connectivity index (χ3n) is 6.20. The third-order valence-corrected chi connectivity index (χ3v) is 7.69. The molecular formula is C23H32N4O3S. The topological polar surface area (TPSA) is 85.5 Å². The van der Waals surface area contributed by atoms with Gasteiger partial charge >= 0.3 is 0 Å². The van der Waals surface area contributed by atoms with Crippen molar-refractivity contribution in [3.63, 3.8) is 0 Å². The van der Waals surface area contributed by atoms with Crippen molar-refractivity contribution < 1.29 is 9.00 Å². The van der Waals surface area contributed by atoms with E-state index in [0.29, 0.717) is 27.9 Å². The number of likely N-dealkylation sites (tertiary alicyclic amines) is 1. The highest BCUT2D eigenvalue weighted by Crippen LogP contribution is 2.22. The van der Waals surface area contributed by atoms with Crippen LogP contribution in [0.5, 0.6) is 0 Å². The molecule has 7 nitrogen and oxygen atoms in total. The molecule has 2 saturated heterocycles. The first-order valence-electron chi connectivity index (χ1n) is 11.5. The number of rotatable bonds is 7. The number of aromatic amines is 1. The molecule has 1 atom stereocenters. The van der Waals surface area contributed by atoms with Crippen molar-refractivity contribution in [1.29, 1.82) is 0 Å². The molecule has 2 fully saturated rings. The molecule has 3 heterocycles. The minimum atomic E-state index is -1.25. The fourth-order valence-corrected chi connectivity index (χ4v) is 5.78. The third kappa shape index (κ3) is 5.61. The molecule has 0 radical (unpaired) electrons. The number of amides is 1. The fraction of sp³-hybridized carbons (Fsp3) is 0.565. The van der Waals surface area contributed by atoms with Crippen LogP contribution in [0.4, 0.5) is 0 Å². The number of fused-ring (bicyclic) bond motifs is 1. The van der Waals surface area contributed by atoms with Crippen molar-refractivity contribution in [3.8, 4) is 0 Å². The largest absolute Gasteiger partial charge is 0.352 e. The predicted molar refractivity (Wildman–Crippen MR) is 124 cm³/mol. The molecule has 31 heavy (non-hydrogen) atoms.